The summed E-state index contributed by atoms with van der Waals surface area (Å²) in [6, 6.07) is 6.98. The van der Waals surface area contributed by atoms with Crippen molar-refractivity contribution in [2.24, 2.45) is 0 Å². The number of rotatable bonds is 4. The Balaban J connectivity index is 2.44. The molecule has 0 atom stereocenters. The summed E-state index contributed by atoms with van der Waals surface area (Å²) in [7, 11) is 0. The van der Waals surface area contributed by atoms with Crippen LogP contribution in [0.4, 0.5) is 0 Å². The molecule has 80 valence electrons. The van der Waals surface area contributed by atoms with Gasteiger partial charge in [0, 0.05) is 18.4 Å². The number of halogens is 1. The summed E-state index contributed by atoms with van der Waals surface area (Å²) >= 11 is 5.70. The first-order chi connectivity index (χ1) is 7.08. The van der Waals surface area contributed by atoms with Crippen molar-refractivity contribution in [2.75, 3.05) is 6.61 Å². The van der Waals surface area contributed by atoms with Crippen molar-refractivity contribution in [3.05, 3.63) is 34.9 Å². The van der Waals surface area contributed by atoms with E-state index in [1.807, 2.05) is 0 Å². The van der Waals surface area contributed by atoms with Gasteiger partial charge in [0.15, 0.2) is 5.78 Å². The molecule has 0 heterocycles. The monoisotopic (exact) mass is 226 g/mol. The van der Waals surface area contributed by atoms with Crippen molar-refractivity contribution < 1.29 is 14.3 Å². The van der Waals surface area contributed by atoms with Gasteiger partial charge in [0.05, 0.1) is 0 Å². The minimum absolute atomic E-state index is 0.132. The Morgan fingerprint density at radius 3 is 2.40 bits per heavy atom. The van der Waals surface area contributed by atoms with Gasteiger partial charge in [-0.05, 0) is 17.7 Å². The van der Waals surface area contributed by atoms with Gasteiger partial charge >= 0.3 is 5.97 Å². The summed E-state index contributed by atoms with van der Waals surface area (Å²) in [4.78, 5) is 21.7. The van der Waals surface area contributed by atoms with Crippen molar-refractivity contribution in [3.8, 4) is 0 Å². The summed E-state index contributed by atoms with van der Waals surface area (Å²) in [5.74, 6) is -0.577. The van der Waals surface area contributed by atoms with E-state index in [2.05, 4.69) is 4.74 Å². The molecule has 3 nitrogen and oxygen atoms in total. The van der Waals surface area contributed by atoms with Crippen LogP contribution in [0.5, 0.6) is 0 Å². The number of carbonyl (C=O) groups is 2. The highest BCUT2D eigenvalue weighted by molar-refractivity contribution is 6.30. The normalized spacial score (nSPS) is 9.73. The number of carbonyl (C=O) groups excluding carboxylic acids is 2. The van der Waals surface area contributed by atoms with Gasteiger partial charge in [-0.2, -0.15) is 0 Å². The number of esters is 1. The Kier molecular flexibility index (Phi) is 4.31. The quantitative estimate of drug-likeness (QED) is 0.738. The maximum absolute atomic E-state index is 11.3. The molecular formula is C11H11ClO3. The number of benzene rings is 1. The molecule has 0 aliphatic rings. The fourth-order valence-electron chi connectivity index (χ4n) is 1.06. The zero-order valence-electron chi connectivity index (χ0n) is 8.33. The second kappa shape index (κ2) is 5.51. The first kappa shape index (κ1) is 11.7. The van der Waals surface area contributed by atoms with Gasteiger partial charge in [-0.3, -0.25) is 9.59 Å². The summed E-state index contributed by atoms with van der Waals surface area (Å²) in [5.41, 5.74) is 0.858. The highest BCUT2D eigenvalue weighted by atomic mass is 35.5. The lowest BCUT2D eigenvalue weighted by Crippen LogP contribution is -2.13. The van der Waals surface area contributed by atoms with Crippen LogP contribution in [0.3, 0.4) is 0 Å². The van der Waals surface area contributed by atoms with Crippen LogP contribution in [0.15, 0.2) is 24.3 Å². The molecule has 0 N–H and O–H groups in total. The number of ether oxygens (including phenoxy) is 1. The molecule has 0 aliphatic carbocycles. The highest BCUT2D eigenvalue weighted by Crippen LogP contribution is 2.10. The van der Waals surface area contributed by atoms with E-state index in [9.17, 15) is 9.59 Å². The molecule has 0 amide bonds. The molecule has 1 aromatic rings. The van der Waals surface area contributed by atoms with Crippen molar-refractivity contribution in [1.29, 1.82) is 0 Å². The van der Waals surface area contributed by atoms with Crippen LogP contribution in [0.1, 0.15) is 12.5 Å². The average molecular weight is 227 g/mol. The molecule has 0 aromatic heterocycles. The molecule has 0 radical (unpaired) electrons. The van der Waals surface area contributed by atoms with Crippen molar-refractivity contribution in [2.45, 2.75) is 13.3 Å². The molecule has 15 heavy (non-hydrogen) atoms. The molecule has 1 aromatic carbocycles. The lowest BCUT2D eigenvalue weighted by atomic mass is 10.1. The fraction of sp³-hybridized carbons (Fsp3) is 0.273. The summed E-state index contributed by atoms with van der Waals surface area (Å²) in [6.07, 6.45) is 0.254. The Morgan fingerprint density at radius 2 is 1.87 bits per heavy atom. The average Bonchev–Trinajstić information content (AvgIpc) is 2.19. The zero-order valence-corrected chi connectivity index (χ0v) is 9.08. The Labute approximate surface area is 93.0 Å². The van der Waals surface area contributed by atoms with E-state index in [0.29, 0.717) is 5.02 Å². The van der Waals surface area contributed by atoms with Gasteiger partial charge in [-0.15, -0.1) is 0 Å². The van der Waals surface area contributed by atoms with Crippen LogP contribution < -0.4 is 0 Å². The Bertz CT molecular complexity index is 357. The van der Waals surface area contributed by atoms with E-state index in [1.165, 1.54) is 6.92 Å². The predicted octanol–water partition coefficient (Wildman–Crippen LogP) is 2.01. The molecule has 0 bridgehead atoms. The lowest BCUT2D eigenvalue weighted by molar-refractivity contribution is -0.145. The number of Topliss-reactive ketones (excluding diaryl/α,β-unsaturated/α-hetero) is 1. The summed E-state index contributed by atoms with van der Waals surface area (Å²) in [6.45, 7) is 1.10. The second-order valence-corrected chi connectivity index (χ2v) is 3.56. The van der Waals surface area contributed by atoms with E-state index < -0.39 is 5.97 Å². The van der Waals surface area contributed by atoms with Crippen LogP contribution in [0.25, 0.3) is 0 Å². The summed E-state index contributed by atoms with van der Waals surface area (Å²) in [5, 5.41) is 0.631. The molecule has 0 fully saturated rings. The Hall–Kier alpha value is -1.35. The SMILES string of the molecule is CC(=O)OCC(=O)Cc1ccc(Cl)cc1. The van der Waals surface area contributed by atoms with Gasteiger partial charge in [-0.25, -0.2) is 0 Å². The van der Waals surface area contributed by atoms with Crippen molar-refractivity contribution >= 4 is 23.4 Å². The van der Waals surface area contributed by atoms with Crippen LogP contribution in [-0.4, -0.2) is 18.4 Å². The number of ketones is 1. The third-order valence-corrected chi connectivity index (χ3v) is 2.00. The predicted molar refractivity (Wildman–Crippen MR) is 56.8 cm³/mol. The minimum Gasteiger partial charge on any atom is -0.458 e. The second-order valence-electron chi connectivity index (χ2n) is 3.12. The highest BCUT2D eigenvalue weighted by Gasteiger charge is 2.05. The largest absolute Gasteiger partial charge is 0.458 e. The van der Waals surface area contributed by atoms with E-state index in [4.69, 9.17) is 11.6 Å². The first-order valence-corrected chi connectivity index (χ1v) is 4.85. The van der Waals surface area contributed by atoms with E-state index in [0.717, 1.165) is 5.56 Å². The smallest absolute Gasteiger partial charge is 0.303 e. The van der Waals surface area contributed by atoms with Crippen LogP contribution in [-0.2, 0) is 20.7 Å². The standard InChI is InChI=1S/C11H11ClO3/c1-8(13)15-7-11(14)6-9-2-4-10(12)5-3-9/h2-5H,6-7H2,1H3. The van der Waals surface area contributed by atoms with Crippen LogP contribution in [0, 0.1) is 0 Å². The molecule has 0 saturated heterocycles. The van der Waals surface area contributed by atoms with Gasteiger partial charge in [0.2, 0.25) is 0 Å². The molecule has 1 rings (SSSR count). The lowest BCUT2D eigenvalue weighted by Gasteiger charge is -2.01. The fourth-order valence-corrected chi connectivity index (χ4v) is 1.19. The zero-order chi connectivity index (χ0) is 11.3. The third kappa shape index (κ3) is 4.61. The van der Waals surface area contributed by atoms with E-state index >= 15 is 0 Å². The van der Waals surface area contributed by atoms with E-state index in [-0.39, 0.29) is 18.8 Å². The molecule has 0 unspecified atom stereocenters. The molecule has 0 spiro atoms. The van der Waals surface area contributed by atoms with Crippen molar-refractivity contribution in [3.63, 3.8) is 0 Å². The van der Waals surface area contributed by atoms with Crippen LogP contribution >= 0.6 is 11.6 Å². The van der Waals surface area contributed by atoms with E-state index in [1.54, 1.807) is 24.3 Å². The van der Waals surface area contributed by atoms with Crippen LogP contribution in [0.2, 0.25) is 5.02 Å². The minimum atomic E-state index is -0.445. The van der Waals surface area contributed by atoms with Gasteiger partial charge < -0.3 is 4.74 Å². The topological polar surface area (TPSA) is 43.4 Å². The van der Waals surface area contributed by atoms with Gasteiger partial charge in [0.25, 0.3) is 0 Å². The maximum Gasteiger partial charge on any atom is 0.303 e. The van der Waals surface area contributed by atoms with Crippen molar-refractivity contribution in [1.82, 2.24) is 0 Å². The molecule has 0 aliphatic heterocycles. The third-order valence-electron chi connectivity index (χ3n) is 1.75. The Morgan fingerprint density at radius 1 is 1.27 bits per heavy atom. The number of hydrogen-bond donors (Lipinski definition) is 0. The number of hydrogen-bond acceptors (Lipinski definition) is 3. The molecular weight excluding hydrogens is 216 g/mol. The first-order valence-electron chi connectivity index (χ1n) is 4.47. The maximum atomic E-state index is 11.3. The molecule has 0 saturated carbocycles. The summed E-state index contributed by atoms with van der Waals surface area (Å²) < 4.78 is 4.59. The van der Waals surface area contributed by atoms with Gasteiger partial charge in [-0.1, -0.05) is 23.7 Å². The van der Waals surface area contributed by atoms with Gasteiger partial charge in [0.1, 0.15) is 6.61 Å². The molecule has 4 heteroatoms.